The fourth-order valence-electron chi connectivity index (χ4n) is 4.25. The third-order valence-corrected chi connectivity index (χ3v) is 6.03. The molecule has 2 aliphatic rings. The van der Waals surface area contributed by atoms with Crippen LogP contribution in [0.4, 0.5) is 4.39 Å². The third kappa shape index (κ3) is 3.99. The molecule has 1 aliphatic carbocycles. The highest BCUT2D eigenvalue weighted by Gasteiger charge is 2.39. The van der Waals surface area contributed by atoms with Gasteiger partial charge in [0.15, 0.2) is 5.78 Å². The lowest BCUT2D eigenvalue weighted by Crippen LogP contribution is -2.38. The normalized spacial score (nSPS) is 21.6. The number of halogens is 2. The summed E-state index contributed by atoms with van der Waals surface area (Å²) in [6.07, 6.45) is 0.966. The minimum absolute atomic E-state index is 0.0247. The van der Waals surface area contributed by atoms with Crippen LogP contribution in [0.5, 0.6) is 5.75 Å². The zero-order chi connectivity index (χ0) is 20.5. The number of benzene rings is 2. The molecule has 0 saturated heterocycles. The second-order valence-electron chi connectivity index (χ2n) is 7.39. The minimum Gasteiger partial charge on any atom is -0.494 e. The molecule has 2 aromatic carbocycles. The average Bonchev–Trinajstić information content (AvgIpc) is 2.69. The van der Waals surface area contributed by atoms with E-state index in [1.54, 1.807) is 12.1 Å². The minimum atomic E-state index is -0.551. The number of carbonyl (C=O) groups is 2. The Labute approximate surface area is 177 Å². The maximum atomic E-state index is 14.5. The Balaban J connectivity index is 1.67. The molecule has 2 unspecified atom stereocenters. The highest BCUT2D eigenvalue weighted by molar-refractivity contribution is 9.10. The van der Waals surface area contributed by atoms with Crippen LogP contribution in [0.15, 0.2) is 58.2 Å². The van der Waals surface area contributed by atoms with Gasteiger partial charge in [0.05, 0.1) is 6.61 Å². The molecule has 0 fully saturated rings. The monoisotopic (exact) mass is 457 g/mol. The summed E-state index contributed by atoms with van der Waals surface area (Å²) >= 11 is 3.36. The van der Waals surface area contributed by atoms with Gasteiger partial charge >= 0.3 is 0 Å². The number of carbonyl (C=O) groups excluding carboxylic acids is 2. The Bertz CT molecular complexity index is 1000. The molecule has 29 heavy (non-hydrogen) atoms. The number of allylic oxidation sites excluding steroid dienone is 2. The van der Waals surface area contributed by atoms with Crippen LogP contribution in [0.2, 0.25) is 0 Å². The van der Waals surface area contributed by atoms with Crippen LogP contribution in [-0.2, 0) is 9.59 Å². The second kappa shape index (κ2) is 8.11. The maximum Gasteiger partial charge on any atom is 0.225 e. The van der Waals surface area contributed by atoms with Crippen molar-refractivity contribution < 1.29 is 18.7 Å². The Morgan fingerprint density at radius 1 is 1.10 bits per heavy atom. The summed E-state index contributed by atoms with van der Waals surface area (Å²) in [6.45, 7) is 2.52. The summed E-state index contributed by atoms with van der Waals surface area (Å²) in [5.41, 5.74) is 2.58. The van der Waals surface area contributed by atoms with Crippen molar-refractivity contribution in [1.29, 1.82) is 0 Å². The summed E-state index contributed by atoms with van der Waals surface area (Å²) in [6, 6.07) is 12.4. The van der Waals surface area contributed by atoms with E-state index >= 15 is 0 Å². The largest absolute Gasteiger partial charge is 0.494 e. The van der Waals surface area contributed by atoms with E-state index in [4.69, 9.17) is 4.74 Å². The van der Waals surface area contributed by atoms with Crippen LogP contribution in [0.25, 0.3) is 0 Å². The highest BCUT2D eigenvalue weighted by Crippen LogP contribution is 2.43. The second-order valence-corrected chi connectivity index (χ2v) is 8.31. The van der Waals surface area contributed by atoms with E-state index in [1.807, 2.05) is 31.2 Å². The number of ketones is 1. The number of Topliss-reactive ketones (excluding diaryl/α,β-unsaturated/α-hetero) is 1. The smallest absolute Gasteiger partial charge is 0.225 e. The molecular weight excluding hydrogens is 437 g/mol. The number of hydrogen-bond acceptors (Lipinski definition) is 3. The molecule has 6 heteroatoms. The lowest BCUT2D eigenvalue weighted by molar-refractivity contribution is -0.122. The van der Waals surface area contributed by atoms with Crippen LogP contribution in [-0.4, -0.2) is 18.3 Å². The summed E-state index contributed by atoms with van der Waals surface area (Å²) in [5.74, 6) is -0.410. The number of ether oxygens (including phenoxy) is 1. The fraction of sp³-hybridized carbons (Fsp3) is 0.304. The maximum absolute atomic E-state index is 14.5. The van der Waals surface area contributed by atoms with Crippen molar-refractivity contribution in [2.24, 2.45) is 0 Å². The van der Waals surface area contributed by atoms with Crippen LogP contribution < -0.4 is 10.1 Å². The van der Waals surface area contributed by atoms with Crippen LogP contribution >= 0.6 is 15.9 Å². The SMILES string of the molecule is CCOc1ccc(C2CC(=O)C3=C(C2)NC(=O)CC3c2cc(Br)ccc2F)cc1. The summed E-state index contributed by atoms with van der Waals surface area (Å²) < 4.78 is 20.7. The first-order valence-electron chi connectivity index (χ1n) is 9.70. The summed E-state index contributed by atoms with van der Waals surface area (Å²) in [5, 5.41) is 2.87. The molecule has 1 amide bonds. The first kappa shape index (κ1) is 19.8. The van der Waals surface area contributed by atoms with Crippen LogP contribution in [0.3, 0.4) is 0 Å². The predicted octanol–water partition coefficient (Wildman–Crippen LogP) is 4.99. The molecule has 4 nitrogen and oxygen atoms in total. The van der Waals surface area contributed by atoms with Crippen LogP contribution in [0, 0.1) is 5.82 Å². The van der Waals surface area contributed by atoms with E-state index in [1.165, 1.54) is 6.07 Å². The Morgan fingerprint density at radius 3 is 2.59 bits per heavy atom. The molecule has 2 atom stereocenters. The molecule has 0 aromatic heterocycles. The van der Waals surface area contributed by atoms with Gasteiger partial charge in [0, 0.05) is 34.5 Å². The molecule has 150 valence electrons. The van der Waals surface area contributed by atoms with E-state index in [0.717, 1.165) is 15.8 Å². The topological polar surface area (TPSA) is 55.4 Å². The highest BCUT2D eigenvalue weighted by atomic mass is 79.9. The Morgan fingerprint density at radius 2 is 1.86 bits per heavy atom. The molecule has 1 heterocycles. The zero-order valence-corrected chi connectivity index (χ0v) is 17.6. The fourth-order valence-corrected chi connectivity index (χ4v) is 4.62. The van der Waals surface area contributed by atoms with Gasteiger partial charge in [-0.15, -0.1) is 0 Å². The van der Waals surface area contributed by atoms with E-state index in [0.29, 0.717) is 36.3 Å². The Hall–Kier alpha value is -2.47. The van der Waals surface area contributed by atoms with E-state index in [-0.39, 0.29) is 24.0 Å². The van der Waals surface area contributed by atoms with Crippen molar-refractivity contribution in [2.45, 2.75) is 38.0 Å². The average molecular weight is 458 g/mol. The van der Waals surface area contributed by atoms with Gasteiger partial charge in [0.1, 0.15) is 11.6 Å². The van der Waals surface area contributed by atoms with Crippen molar-refractivity contribution in [3.63, 3.8) is 0 Å². The Kier molecular flexibility index (Phi) is 5.54. The lowest BCUT2D eigenvalue weighted by Gasteiger charge is -2.34. The van der Waals surface area contributed by atoms with Crippen molar-refractivity contribution in [1.82, 2.24) is 5.32 Å². The van der Waals surface area contributed by atoms with Gasteiger partial charge in [-0.1, -0.05) is 28.1 Å². The molecule has 0 radical (unpaired) electrons. The number of nitrogens with one attached hydrogen (secondary N) is 1. The quantitative estimate of drug-likeness (QED) is 0.703. The summed E-state index contributed by atoms with van der Waals surface area (Å²) in [7, 11) is 0. The molecule has 0 spiro atoms. The van der Waals surface area contributed by atoms with Crippen molar-refractivity contribution in [3.8, 4) is 5.75 Å². The molecule has 1 aliphatic heterocycles. The van der Waals surface area contributed by atoms with Crippen molar-refractivity contribution in [3.05, 3.63) is 75.2 Å². The zero-order valence-electron chi connectivity index (χ0n) is 16.0. The van der Waals surface area contributed by atoms with Gasteiger partial charge in [0.25, 0.3) is 0 Å². The molecule has 2 aromatic rings. The van der Waals surface area contributed by atoms with Gasteiger partial charge < -0.3 is 10.1 Å². The lowest BCUT2D eigenvalue weighted by atomic mass is 9.73. The van der Waals surface area contributed by atoms with E-state index < -0.39 is 11.7 Å². The molecule has 4 rings (SSSR count). The first-order chi connectivity index (χ1) is 14.0. The standard InChI is InChI=1S/C23H21BrFNO3/c1-2-29-16-6-3-13(4-7-16)14-9-20-23(21(27)10-14)18(12-22(28)26-20)17-11-15(24)5-8-19(17)25/h3-8,11,14,18H,2,9-10,12H2,1H3,(H,26,28). The summed E-state index contributed by atoms with van der Waals surface area (Å²) in [4.78, 5) is 25.5. The third-order valence-electron chi connectivity index (χ3n) is 5.53. The van der Waals surface area contributed by atoms with E-state index in [9.17, 15) is 14.0 Å². The first-order valence-corrected chi connectivity index (χ1v) is 10.5. The van der Waals surface area contributed by atoms with Crippen LogP contribution in [0.1, 0.15) is 49.1 Å². The van der Waals surface area contributed by atoms with Gasteiger partial charge in [-0.3, -0.25) is 9.59 Å². The molecule has 0 saturated carbocycles. The van der Waals surface area contributed by atoms with Gasteiger partial charge in [0.2, 0.25) is 5.91 Å². The van der Waals surface area contributed by atoms with Crippen molar-refractivity contribution in [2.75, 3.05) is 6.61 Å². The number of rotatable bonds is 4. The van der Waals surface area contributed by atoms with Gasteiger partial charge in [-0.25, -0.2) is 4.39 Å². The number of hydrogen-bond donors (Lipinski definition) is 1. The van der Waals surface area contributed by atoms with Gasteiger partial charge in [-0.05, 0) is 60.7 Å². The van der Waals surface area contributed by atoms with Crippen molar-refractivity contribution >= 4 is 27.6 Å². The van der Waals surface area contributed by atoms with Gasteiger partial charge in [-0.2, -0.15) is 0 Å². The molecular formula is C23H21BrFNO3. The number of amides is 1. The van der Waals surface area contributed by atoms with E-state index in [2.05, 4.69) is 21.2 Å². The molecule has 1 N–H and O–H groups in total. The predicted molar refractivity (Wildman–Crippen MR) is 111 cm³/mol. The molecule has 0 bridgehead atoms.